The number of hydrogen-bond donors (Lipinski definition) is 1. The fraction of sp³-hybridized carbons (Fsp3) is 0.286. The van der Waals surface area contributed by atoms with Crippen molar-refractivity contribution in [2.75, 3.05) is 7.11 Å². The molecular formula is C14H17NO4. The van der Waals surface area contributed by atoms with Gasteiger partial charge in [0.25, 0.3) is 0 Å². The largest absolute Gasteiger partial charge is 0.467 e. The van der Waals surface area contributed by atoms with Crippen molar-refractivity contribution in [3.63, 3.8) is 0 Å². The monoisotopic (exact) mass is 263 g/mol. The zero-order valence-corrected chi connectivity index (χ0v) is 11.0. The molecule has 0 fully saturated rings. The van der Waals surface area contributed by atoms with E-state index in [1.807, 2.05) is 30.3 Å². The number of esters is 1. The van der Waals surface area contributed by atoms with Crippen molar-refractivity contribution in [3.05, 3.63) is 48.6 Å². The van der Waals surface area contributed by atoms with Crippen LogP contribution in [-0.4, -0.2) is 24.7 Å². The number of rotatable bonds is 5. The van der Waals surface area contributed by atoms with Gasteiger partial charge in [-0.25, -0.2) is 9.59 Å². The van der Waals surface area contributed by atoms with Crippen LogP contribution in [0.4, 0.5) is 4.79 Å². The van der Waals surface area contributed by atoms with Gasteiger partial charge in [0.1, 0.15) is 6.61 Å². The molecule has 0 aliphatic heterocycles. The van der Waals surface area contributed by atoms with Crippen molar-refractivity contribution >= 4 is 12.1 Å². The van der Waals surface area contributed by atoms with Crippen molar-refractivity contribution in [3.8, 4) is 0 Å². The van der Waals surface area contributed by atoms with Gasteiger partial charge < -0.3 is 14.8 Å². The van der Waals surface area contributed by atoms with Crippen LogP contribution >= 0.6 is 0 Å². The van der Waals surface area contributed by atoms with E-state index in [1.54, 1.807) is 0 Å². The zero-order chi connectivity index (χ0) is 14.3. The molecular weight excluding hydrogens is 246 g/mol. The van der Waals surface area contributed by atoms with Crippen LogP contribution in [0, 0.1) is 0 Å². The Morgan fingerprint density at radius 2 is 2.00 bits per heavy atom. The Bertz CT molecular complexity index is 458. The lowest BCUT2D eigenvalue weighted by Gasteiger charge is -2.23. The summed E-state index contributed by atoms with van der Waals surface area (Å²) in [6.07, 6.45) is 0.583. The number of carbonyl (C=O) groups excluding carboxylic acids is 2. The fourth-order valence-electron chi connectivity index (χ4n) is 1.37. The summed E-state index contributed by atoms with van der Waals surface area (Å²) in [5, 5.41) is 2.41. The lowest BCUT2D eigenvalue weighted by atomic mass is 10.0. The third-order valence-corrected chi connectivity index (χ3v) is 2.59. The van der Waals surface area contributed by atoms with Crippen LogP contribution in [0.5, 0.6) is 0 Å². The number of nitrogens with one attached hydrogen (secondary N) is 1. The molecule has 0 aliphatic carbocycles. The van der Waals surface area contributed by atoms with Crippen LogP contribution < -0.4 is 5.32 Å². The van der Waals surface area contributed by atoms with Gasteiger partial charge in [-0.3, -0.25) is 0 Å². The minimum absolute atomic E-state index is 0.126. The number of ether oxygens (including phenoxy) is 2. The standard InChI is InChI=1S/C14H17NO4/c1-4-14(2,12(16)18-3)15-13(17)19-10-11-8-6-5-7-9-11/h4-9H,1,10H2,2-3H3,(H,15,17)/t14-/m1/s1. The lowest BCUT2D eigenvalue weighted by Crippen LogP contribution is -2.51. The van der Waals surface area contributed by atoms with E-state index in [-0.39, 0.29) is 6.61 Å². The molecule has 0 aliphatic rings. The summed E-state index contributed by atoms with van der Waals surface area (Å²) >= 11 is 0. The summed E-state index contributed by atoms with van der Waals surface area (Å²) in [7, 11) is 1.24. The molecule has 102 valence electrons. The molecule has 0 saturated heterocycles. The number of hydrogen-bond acceptors (Lipinski definition) is 4. The van der Waals surface area contributed by atoms with Crippen LogP contribution in [-0.2, 0) is 20.9 Å². The van der Waals surface area contributed by atoms with Gasteiger partial charge in [-0.15, -0.1) is 6.58 Å². The van der Waals surface area contributed by atoms with E-state index >= 15 is 0 Å². The van der Waals surface area contributed by atoms with Gasteiger partial charge >= 0.3 is 12.1 Å². The number of carbonyl (C=O) groups is 2. The third-order valence-electron chi connectivity index (χ3n) is 2.59. The highest BCUT2D eigenvalue weighted by Crippen LogP contribution is 2.08. The Kier molecular flexibility index (Phi) is 5.11. The zero-order valence-electron chi connectivity index (χ0n) is 11.0. The van der Waals surface area contributed by atoms with E-state index in [9.17, 15) is 9.59 Å². The SMILES string of the molecule is C=C[C@@](C)(NC(=O)OCc1ccccc1)C(=O)OC. The quantitative estimate of drug-likeness (QED) is 0.652. The molecule has 1 aromatic rings. The average Bonchev–Trinajstić information content (AvgIpc) is 2.45. The molecule has 0 saturated carbocycles. The maximum absolute atomic E-state index is 11.6. The molecule has 1 aromatic carbocycles. The van der Waals surface area contributed by atoms with Gasteiger partial charge in [-0.2, -0.15) is 0 Å². The number of methoxy groups -OCH3 is 1. The molecule has 0 radical (unpaired) electrons. The highest BCUT2D eigenvalue weighted by Gasteiger charge is 2.33. The van der Waals surface area contributed by atoms with E-state index in [1.165, 1.54) is 20.1 Å². The normalized spacial score (nSPS) is 12.9. The number of amides is 1. The van der Waals surface area contributed by atoms with Gasteiger partial charge in [0.05, 0.1) is 7.11 Å². The molecule has 0 bridgehead atoms. The molecule has 0 spiro atoms. The predicted molar refractivity (Wildman–Crippen MR) is 70.4 cm³/mol. The van der Waals surface area contributed by atoms with E-state index in [4.69, 9.17) is 4.74 Å². The van der Waals surface area contributed by atoms with Crippen molar-refractivity contribution in [2.24, 2.45) is 0 Å². The second-order valence-electron chi connectivity index (χ2n) is 4.08. The summed E-state index contributed by atoms with van der Waals surface area (Å²) in [5.74, 6) is -0.612. The minimum Gasteiger partial charge on any atom is -0.467 e. The summed E-state index contributed by atoms with van der Waals surface area (Å²) in [6.45, 7) is 5.11. The van der Waals surface area contributed by atoms with E-state index in [0.29, 0.717) is 0 Å². The van der Waals surface area contributed by atoms with Crippen LogP contribution in [0.15, 0.2) is 43.0 Å². The first-order valence-corrected chi connectivity index (χ1v) is 5.72. The van der Waals surface area contributed by atoms with Crippen molar-refractivity contribution < 1.29 is 19.1 Å². The van der Waals surface area contributed by atoms with Crippen molar-refractivity contribution in [1.29, 1.82) is 0 Å². The number of benzene rings is 1. The van der Waals surface area contributed by atoms with Crippen LogP contribution in [0.3, 0.4) is 0 Å². The molecule has 5 nitrogen and oxygen atoms in total. The Labute approximate surface area is 112 Å². The third kappa shape index (κ3) is 4.13. The van der Waals surface area contributed by atoms with Crippen LogP contribution in [0.25, 0.3) is 0 Å². The number of alkyl carbamates (subject to hydrolysis) is 1. The van der Waals surface area contributed by atoms with Gasteiger partial charge in [0.15, 0.2) is 5.54 Å². The Hall–Kier alpha value is -2.30. The van der Waals surface area contributed by atoms with Gasteiger partial charge in [-0.1, -0.05) is 36.4 Å². The van der Waals surface area contributed by atoms with Crippen molar-refractivity contribution in [2.45, 2.75) is 19.1 Å². The molecule has 1 atom stereocenters. The second-order valence-corrected chi connectivity index (χ2v) is 4.08. The van der Waals surface area contributed by atoms with Gasteiger partial charge in [0, 0.05) is 0 Å². The summed E-state index contributed by atoms with van der Waals surface area (Å²) in [4.78, 5) is 23.1. The predicted octanol–water partition coefficient (Wildman–Crippen LogP) is 2.03. The molecule has 19 heavy (non-hydrogen) atoms. The molecule has 1 rings (SSSR count). The molecule has 1 N–H and O–H groups in total. The Balaban J connectivity index is 2.55. The van der Waals surface area contributed by atoms with Crippen molar-refractivity contribution in [1.82, 2.24) is 5.32 Å². The highest BCUT2D eigenvalue weighted by molar-refractivity contribution is 5.87. The van der Waals surface area contributed by atoms with E-state index in [0.717, 1.165) is 5.56 Å². The molecule has 1 amide bonds. The van der Waals surface area contributed by atoms with Gasteiger partial charge in [-0.05, 0) is 12.5 Å². The van der Waals surface area contributed by atoms with Crippen LogP contribution in [0.1, 0.15) is 12.5 Å². The highest BCUT2D eigenvalue weighted by atomic mass is 16.6. The molecule has 0 heterocycles. The van der Waals surface area contributed by atoms with E-state index in [2.05, 4.69) is 16.6 Å². The van der Waals surface area contributed by atoms with Gasteiger partial charge in [0.2, 0.25) is 0 Å². The Morgan fingerprint density at radius 3 is 2.53 bits per heavy atom. The first kappa shape index (κ1) is 14.8. The average molecular weight is 263 g/mol. The topological polar surface area (TPSA) is 64.6 Å². The molecule has 5 heteroatoms. The summed E-state index contributed by atoms with van der Waals surface area (Å²) in [6, 6.07) is 9.23. The first-order valence-electron chi connectivity index (χ1n) is 5.72. The molecule has 0 aromatic heterocycles. The first-order chi connectivity index (χ1) is 9.01. The van der Waals surface area contributed by atoms with Crippen LogP contribution in [0.2, 0.25) is 0 Å². The summed E-state index contributed by atoms with van der Waals surface area (Å²) < 4.78 is 9.60. The molecule has 0 unspecified atom stereocenters. The maximum atomic E-state index is 11.6. The Morgan fingerprint density at radius 1 is 1.37 bits per heavy atom. The summed E-state index contributed by atoms with van der Waals surface area (Å²) in [5.41, 5.74) is -0.446. The smallest absolute Gasteiger partial charge is 0.408 e. The maximum Gasteiger partial charge on any atom is 0.408 e. The second kappa shape index (κ2) is 6.58. The fourth-order valence-corrected chi connectivity index (χ4v) is 1.37. The lowest BCUT2D eigenvalue weighted by molar-refractivity contribution is -0.145. The minimum atomic E-state index is -1.30. The van der Waals surface area contributed by atoms with E-state index < -0.39 is 17.6 Å².